The first-order chi connectivity index (χ1) is 13.1. The summed E-state index contributed by atoms with van der Waals surface area (Å²) in [6.07, 6.45) is 1.83. The summed E-state index contributed by atoms with van der Waals surface area (Å²) in [6.45, 7) is 4.90. The second-order valence-corrected chi connectivity index (χ2v) is 6.93. The summed E-state index contributed by atoms with van der Waals surface area (Å²) >= 11 is 6.11. The zero-order chi connectivity index (χ0) is 19.2. The fourth-order valence-corrected chi connectivity index (χ4v) is 3.34. The highest BCUT2D eigenvalue weighted by molar-refractivity contribution is 6.32. The molecule has 0 aliphatic rings. The Morgan fingerprint density at radius 2 is 1.93 bits per heavy atom. The molecule has 1 unspecified atom stereocenters. The molecule has 0 aliphatic heterocycles. The van der Waals surface area contributed by atoms with Crippen molar-refractivity contribution >= 4 is 28.5 Å². The van der Waals surface area contributed by atoms with E-state index in [4.69, 9.17) is 21.3 Å². The number of amides is 1. The van der Waals surface area contributed by atoms with E-state index < -0.39 is 0 Å². The van der Waals surface area contributed by atoms with Crippen LogP contribution in [-0.4, -0.2) is 22.1 Å². The maximum absolute atomic E-state index is 11.4. The predicted octanol–water partition coefficient (Wildman–Crippen LogP) is 4.75. The van der Waals surface area contributed by atoms with E-state index in [0.717, 1.165) is 36.2 Å². The van der Waals surface area contributed by atoms with Crippen molar-refractivity contribution in [1.82, 2.24) is 14.9 Å². The van der Waals surface area contributed by atoms with Gasteiger partial charge in [0.25, 0.3) is 0 Å². The summed E-state index contributed by atoms with van der Waals surface area (Å²) < 4.78 is 7.95. The van der Waals surface area contributed by atoms with E-state index in [1.807, 2.05) is 49.4 Å². The SMILES string of the molecule is CC(=O)NC(C)c1nc2ccccc2n1CCCCOc1ccccc1Cl. The van der Waals surface area contributed by atoms with Crippen LogP contribution in [0, 0.1) is 0 Å². The van der Waals surface area contributed by atoms with Crippen molar-refractivity contribution in [2.75, 3.05) is 6.61 Å². The Labute approximate surface area is 164 Å². The van der Waals surface area contributed by atoms with Gasteiger partial charge in [-0.05, 0) is 44.0 Å². The molecule has 0 aliphatic carbocycles. The highest BCUT2D eigenvalue weighted by Crippen LogP contribution is 2.24. The molecule has 0 radical (unpaired) electrons. The fraction of sp³-hybridized carbons (Fsp3) is 0.333. The average Bonchev–Trinajstić information content (AvgIpc) is 3.01. The largest absolute Gasteiger partial charge is 0.492 e. The monoisotopic (exact) mass is 385 g/mol. The number of aromatic nitrogens is 2. The second-order valence-electron chi connectivity index (χ2n) is 6.52. The Bertz CT molecular complexity index is 923. The quantitative estimate of drug-likeness (QED) is 0.569. The lowest BCUT2D eigenvalue weighted by atomic mass is 10.2. The van der Waals surface area contributed by atoms with Gasteiger partial charge in [-0.3, -0.25) is 4.79 Å². The van der Waals surface area contributed by atoms with Crippen molar-refractivity contribution < 1.29 is 9.53 Å². The standard InChI is InChI=1S/C21H24ClN3O2/c1-15(23-16(2)26)21-24-18-10-4-5-11-19(18)25(21)13-7-8-14-27-20-12-6-3-9-17(20)22/h3-6,9-12,15H,7-8,13-14H2,1-2H3,(H,23,26). The van der Waals surface area contributed by atoms with E-state index >= 15 is 0 Å². The highest BCUT2D eigenvalue weighted by Gasteiger charge is 2.16. The maximum Gasteiger partial charge on any atom is 0.217 e. The number of unbranched alkanes of at least 4 members (excludes halogenated alkanes) is 1. The topological polar surface area (TPSA) is 56.2 Å². The van der Waals surface area contributed by atoms with E-state index in [1.54, 1.807) is 0 Å². The summed E-state index contributed by atoms with van der Waals surface area (Å²) in [7, 11) is 0. The molecule has 6 heteroatoms. The number of para-hydroxylation sites is 3. The van der Waals surface area contributed by atoms with Crippen molar-refractivity contribution in [2.24, 2.45) is 0 Å². The molecular weight excluding hydrogens is 362 g/mol. The van der Waals surface area contributed by atoms with Crippen LogP contribution in [0.3, 0.4) is 0 Å². The van der Waals surface area contributed by atoms with Gasteiger partial charge >= 0.3 is 0 Å². The molecule has 1 heterocycles. The first kappa shape index (κ1) is 19.2. The van der Waals surface area contributed by atoms with E-state index in [9.17, 15) is 4.79 Å². The van der Waals surface area contributed by atoms with E-state index in [0.29, 0.717) is 17.4 Å². The third kappa shape index (κ3) is 4.80. The average molecular weight is 386 g/mol. The molecule has 3 rings (SSSR count). The minimum Gasteiger partial charge on any atom is -0.492 e. The number of nitrogens with zero attached hydrogens (tertiary/aromatic N) is 2. The lowest BCUT2D eigenvalue weighted by Crippen LogP contribution is -2.26. The van der Waals surface area contributed by atoms with Crippen LogP contribution in [0.1, 0.15) is 38.6 Å². The Morgan fingerprint density at radius 1 is 1.19 bits per heavy atom. The van der Waals surface area contributed by atoms with Gasteiger partial charge in [0, 0.05) is 13.5 Å². The molecule has 1 amide bonds. The molecular formula is C21H24ClN3O2. The number of aryl methyl sites for hydroxylation is 1. The van der Waals surface area contributed by atoms with Gasteiger partial charge in [0.15, 0.2) is 0 Å². The Morgan fingerprint density at radius 3 is 2.70 bits per heavy atom. The number of nitrogens with one attached hydrogen (secondary N) is 1. The molecule has 27 heavy (non-hydrogen) atoms. The Kier molecular flexibility index (Phi) is 6.35. The molecule has 0 saturated heterocycles. The number of carbonyl (C=O) groups excluding carboxylic acids is 1. The Balaban J connectivity index is 1.65. The molecule has 3 aromatic rings. The molecule has 0 spiro atoms. The summed E-state index contributed by atoms with van der Waals surface area (Å²) in [5.41, 5.74) is 2.02. The number of hydrogen-bond acceptors (Lipinski definition) is 3. The summed E-state index contributed by atoms with van der Waals surface area (Å²) in [5, 5.41) is 3.56. The molecule has 2 aromatic carbocycles. The zero-order valence-electron chi connectivity index (χ0n) is 15.6. The van der Waals surface area contributed by atoms with Crippen LogP contribution in [0.25, 0.3) is 11.0 Å². The molecule has 0 bridgehead atoms. The Hall–Kier alpha value is -2.53. The highest BCUT2D eigenvalue weighted by atomic mass is 35.5. The van der Waals surface area contributed by atoms with Crippen LogP contribution in [0.5, 0.6) is 5.75 Å². The minimum absolute atomic E-state index is 0.0609. The van der Waals surface area contributed by atoms with Crippen LogP contribution >= 0.6 is 11.6 Å². The first-order valence-corrected chi connectivity index (χ1v) is 9.53. The van der Waals surface area contributed by atoms with E-state index in [2.05, 4.69) is 16.0 Å². The van der Waals surface area contributed by atoms with Gasteiger partial charge in [-0.2, -0.15) is 0 Å². The van der Waals surface area contributed by atoms with Crippen LogP contribution < -0.4 is 10.1 Å². The second kappa shape index (κ2) is 8.91. The van der Waals surface area contributed by atoms with Gasteiger partial charge < -0.3 is 14.6 Å². The summed E-state index contributed by atoms with van der Waals surface area (Å²) in [6, 6.07) is 15.4. The number of carbonyl (C=O) groups is 1. The lowest BCUT2D eigenvalue weighted by molar-refractivity contribution is -0.119. The van der Waals surface area contributed by atoms with Crippen molar-refractivity contribution in [1.29, 1.82) is 0 Å². The van der Waals surface area contributed by atoms with Gasteiger partial charge in [0.2, 0.25) is 5.91 Å². The summed E-state index contributed by atoms with van der Waals surface area (Å²) in [5.74, 6) is 1.53. The fourth-order valence-electron chi connectivity index (χ4n) is 3.15. The number of ether oxygens (including phenoxy) is 1. The molecule has 1 atom stereocenters. The zero-order valence-corrected chi connectivity index (χ0v) is 16.4. The molecule has 1 N–H and O–H groups in total. The van der Waals surface area contributed by atoms with Gasteiger partial charge in [-0.1, -0.05) is 35.9 Å². The first-order valence-electron chi connectivity index (χ1n) is 9.16. The number of imidazole rings is 1. The number of hydrogen-bond donors (Lipinski definition) is 1. The number of benzene rings is 2. The normalized spacial score (nSPS) is 12.1. The van der Waals surface area contributed by atoms with Crippen molar-refractivity contribution in [3.8, 4) is 5.75 Å². The van der Waals surface area contributed by atoms with E-state index in [1.165, 1.54) is 6.92 Å². The minimum atomic E-state index is -0.144. The number of rotatable bonds is 8. The van der Waals surface area contributed by atoms with Crippen LogP contribution in [-0.2, 0) is 11.3 Å². The molecule has 0 fully saturated rings. The van der Waals surface area contributed by atoms with Crippen LogP contribution in [0.4, 0.5) is 0 Å². The molecule has 142 valence electrons. The number of halogens is 1. The maximum atomic E-state index is 11.4. The number of fused-ring (bicyclic) bond motifs is 1. The predicted molar refractivity (Wildman–Crippen MR) is 108 cm³/mol. The third-order valence-electron chi connectivity index (χ3n) is 4.36. The van der Waals surface area contributed by atoms with Gasteiger partial charge in [0.1, 0.15) is 11.6 Å². The van der Waals surface area contributed by atoms with Crippen molar-refractivity contribution in [3.63, 3.8) is 0 Å². The molecule has 1 aromatic heterocycles. The molecule has 0 saturated carbocycles. The van der Waals surface area contributed by atoms with Gasteiger partial charge in [0.05, 0.1) is 28.7 Å². The lowest BCUT2D eigenvalue weighted by Gasteiger charge is -2.15. The summed E-state index contributed by atoms with van der Waals surface area (Å²) in [4.78, 5) is 16.2. The smallest absolute Gasteiger partial charge is 0.217 e. The van der Waals surface area contributed by atoms with Gasteiger partial charge in [-0.25, -0.2) is 4.98 Å². The third-order valence-corrected chi connectivity index (χ3v) is 4.67. The van der Waals surface area contributed by atoms with Crippen molar-refractivity contribution in [2.45, 2.75) is 39.3 Å². The molecule has 5 nitrogen and oxygen atoms in total. The van der Waals surface area contributed by atoms with Gasteiger partial charge in [-0.15, -0.1) is 0 Å². The van der Waals surface area contributed by atoms with E-state index in [-0.39, 0.29) is 11.9 Å². The van der Waals surface area contributed by atoms with Crippen LogP contribution in [0.2, 0.25) is 5.02 Å². The van der Waals surface area contributed by atoms with Crippen molar-refractivity contribution in [3.05, 3.63) is 59.4 Å². The van der Waals surface area contributed by atoms with Crippen LogP contribution in [0.15, 0.2) is 48.5 Å².